The van der Waals surface area contributed by atoms with Gasteiger partial charge in [0.2, 0.25) is 0 Å². The first-order valence-corrected chi connectivity index (χ1v) is 6.93. The molecule has 106 valence electrons. The number of hydrogen-bond acceptors (Lipinski definition) is 4. The van der Waals surface area contributed by atoms with E-state index in [0.717, 1.165) is 41.0 Å². The molecule has 0 aliphatic rings. The number of pyridine rings is 2. The van der Waals surface area contributed by atoms with Crippen LogP contribution >= 0.6 is 0 Å². The van der Waals surface area contributed by atoms with Gasteiger partial charge in [0.25, 0.3) is 0 Å². The Morgan fingerprint density at radius 3 is 2.76 bits per heavy atom. The average Bonchev–Trinajstić information content (AvgIpc) is 2.55. The van der Waals surface area contributed by atoms with Gasteiger partial charge in [0.15, 0.2) is 0 Å². The summed E-state index contributed by atoms with van der Waals surface area (Å²) in [4.78, 5) is 8.77. The molecule has 4 nitrogen and oxygen atoms in total. The van der Waals surface area contributed by atoms with E-state index < -0.39 is 0 Å². The van der Waals surface area contributed by atoms with Crippen molar-refractivity contribution >= 4 is 16.6 Å². The van der Waals surface area contributed by atoms with Gasteiger partial charge in [0.1, 0.15) is 5.75 Å². The average molecular weight is 279 g/mol. The summed E-state index contributed by atoms with van der Waals surface area (Å²) < 4.78 is 5.35. The number of methoxy groups -OCH3 is 1. The third kappa shape index (κ3) is 3.11. The molecule has 21 heavy (non-hydrogen) atoms. The lowest BCUT2D eigenvalue weighted by molar-refractivity contribution is 0.415. The fourth-order valence-electron chi connectivity index (χ4n) is 2.29. The lowest BCUT2D eigenvalue weighted by Gasteiger charge is -2.11. The predicted octanol–water partition coefficient (Wildman–Crippen LogP) is 3.29. The van der Waals surface area contributed by atoms with Crippen LogP contribution in [0.25, 0.3) is 10.9 Å². The molecule has 0 unspecified atom stereocenters. The highest BCUT2D eigenvalue weighted by Crippen LogP contribution is 2.27. The molecule has 0 saturated carbocycles. The van der Waals surface area contributed by atoms with Gasteiger partial charge in [-0.3, -0.25) is 9.97 Å². The summed E-state index contributed by atoms with van der Waals surface area (Å²) in [7, 11) is 1.68. The highest BCUT2D eigenvalue weighted by atomic mass is 16.5. The van der Waals surface area contributed by atoms with Crippen molar-refractivity contribution in [1.82, 2.24) is 9.97 Å². The number of nitrogens with zero attached hydrogens (tertiary/aromatic N) is 2. The van der Waals surface area contributed by atoms with Crippen LogP contribution in [0.5, 0.6) is 5.75 Å². The van der Waals surface area contributed by atoms with Crippen molar-refractivity contribution in [3.8, 4) is 5.75 Å². The molecule has 3 aromatic rings. The second kappa shape index (κ2) is 6.22. The summed E-state index contributed by atoms with van der Waals surface area (Å²) in [5.74, 6) is 0.829. The maximum atomic E-state index is 5.35. The molecule has 2 aromatic heterocycles. The SMILES string of the molecule is COc1cc(NCCc2ccccn2)c2ncccc2c1. The summed E-state index contributed by atoms with van der Waals surface area (Å²) in [5.41, 5.74) is 3.02. The number of anilines is 1. The molecule has 2 heterocycles. The quantitative estimate of drug-likeness (QED) is 0.778. The van der Waals surface area contributed by atoms with Crippen molar-refractivity contribution in [2.75, 3.05) is 19.0 Å². The number of rotatable bonds is 5. The first kappa shape index (κ1) is 13.4. The van der Waals surface area contributed by atoms with Crippen LogP contribution in [-0.4, -0.2) is 23.6 Å². The first-order chi connectivity index (χ1) is 10.4. The second-order valence-corrected chi connectivity index (χ2v) is 4.75. The molecule has 0 spiro atoms. The number of fused-ring (bicyclic) bond motifs is 1. The predicted molar refractivity (Wildman–Crippen MR) is 84.7 cm³/mol. The monoisotopic (exact) mass is 279 g/mol. The normalized spacial score (nSPS) is 10.5. The van der Waals surface area contributed by atoms with Gasteiger partial charge in [-0.2, -0.15) is 0 Å². The van der Waals surface area contributed by atoms with E-state index in [1.807, 2.05) is 48.7 Å². The Bertz CT molecular complexity index is 728. The fraction of sp³-hybridized carbons (Fsp3) is 0.176. The second-order valence-electron chi connectivity index (χ2n) is 4.75. The molecule has 4 heteroatoms. The molecule has 0 fully saturated rings. The number of nitrogens with one attached hydrogen (secondary N) is 1. The fourth-order valence-corrected chi connectivity index (χ4v) is 2.29. The number of hydrogen-bond donors (Lipinski definition) is 1. The minimum Gasteiger partial charge on any atom is -0.497 e. The zero-order valence-electron chi connectivity index (χ0n) is 11.9. The van der Waals surface area contributed by atoms with E-state index >= 15 is 0 Å². The molecule has 1 N–H and O–H groups in total. The zero-order chi connectivity index (χ0) is 14.5. The van der Waals surface area contributed by atoms with Crippen molar-refractivity contribution in [2.45, 2.75) is 6.42 Å². The van der Waals surface area contributed by atoms with E-state index in [0.29, 0.717) is 0 Å². The van der Waals surface area contributed by atoms with Crippen LogP contribution < -0.4 is 10.1 Å². The highest BCUT2D eigenvalue weighted by Gasteiger charge is 2.05. The molecule has 0 radical (unpaired) electrons. The summed E-state index contributed by atoms with van der Waals surface area (Å²) in [5, 5.41) is 4.50. The molecule has 0 saturated heterocycles. The Hall–Kier alpha value is -2.62. The van der Waals surface area contributed by atoms with Gasteiger partial charge < -0.3 is 10.1 Å². The molecular formula is C17H17N3O. The molecule has 0 aliphatic carbocycles. The van der Waals surface area contributed by atoms with Gasteiger partial charge >= 0.3 is 0 Å². The Morgan fingerprint density at radius 2 is 1.95 bits per heavy atom. The summed E-state index contributed by atoms with van der Waals surface area (Å²) in [6, 6.07) is 13.9. The zero-order valence-corrected chi connectivity index (χ0v) is 11.9. The van der Waals surface area contributed by atoms with E-state index in [2.05, 4.69) is 15.3 Å². The lowest BCUT2D eigenvalue weighted by Crippen LogP contribution is -2.06. The van der Waals surface area contributed by atoms with E-state index in [9.17, 15) is 0 Å². The van der Waals surface area contributed by atoms with Crippen molar-refractivity contribution in [3.63, 3.8) is 0 Å². The molecule has 3 rings (SSSR count). The van der Waals surface area contributed by atoms with Gasteiger partial charge in [-0.15, -0.1) is 0 Å². The number of aromatic nitrogens is 2. The van der Waals surface area contributed by atoms with E-state index in [1.54, 1.807) is 13.3 Å². The standard InChI is InChI=1S/C17H17N3O/c1-21-15-11-13-5-4-9-20-17(13)16(12-15)19-10-7-14-6-2-3-8-18-14/h2-6,8-9,11-12,19H,7,10H2,1H3. The van der Waals surface area contributed by atoms with E-state index in [1.165, 1.54) is 0 Å². The van der Waals surface area contributed by atoms with E-state index in [4.69, 9.17) is 4.74 Å². The highest BCUT2D eigenvalue weighted by molar-refractivity contribution is 5.91. The molecule has 0 atom stereocenters. The topological polar surface area (TPSA) is 47.0 Å². The maximum Gasteiger partial charge on any atom is 0.121 e. The lowest BCUT2D eigenvalue weighted by atomic mass is 10.1. The molecular weight excluding hydrogens is 262 g/mol. The van der Waals surface area contributed by atoms with Crippen molar-refractivity contribution < 1.29 is 4.74 Å². The van der Waals surface area contributed by atoms with Crippen molar-refractivity contribution in [3.05, 3.63) is 60.6 Å². The molecule has 0 aliphatic heterocycles. The number of benzene rings is 1. The van der Waals surface area contributed by atoms with Gasteiger partial charge in [-0.05, 0) is 24.3 Å². The van der Waals surface area contributed by atoms with Crippen LogP contribution in [-0.2, 0) is 6.42 Å². The third-order valence-corrected chi connectivity index (χ3v) is 3.34. The van der Waals surface area contributed by atoms with Gasteiger partial charge in [-0.1, -0.05) is 12.1 Å². The van der Waals surface area contributed by atoms with Crippen molar-refractivity contribution in [2.24, 2.45) is 0 Å². The molecule has 1 aromatic carbocycles. The van der Waals surface area contributed by atoms with Gasteiger partial charge in [0.05, 0.1) is 18.3 Å². The van der Waals surface area contributed by atoms with Crippen LogP contribution in [0.3, 0.4) is 0 Å². The van der Waals surface area contributed by atoms with E-state index in [-0.39, 0.29) is 0 Å². The van der Waals surface area contributed by atoms with Gasteiger partial charge in [-0.25, -0.2) is 0 Å². The van der Waals surface area contributed by atoms with Crippen LogP contribution in [0.1, 0.15) is 5.69 Å². The van der Waals surface area contributed by atoms with Crippen LogP contribution in [0.2, 0.25) is 0 Å². The Labute approximate surface area is 123 Å². The number of ether oxygens (including phenoxy) is 1. The Morgan fingerprint density at radius 1 is 1.05 bits per heavy atom. The smallest absolute Gasteiger partial charge is 0.121 e. The van der Waals surface area contributed by atoms with Crippen molar-refractivity contribution in [1.29, 1.82) is 0 Å². The minimum absolute atomic E-state index is 0.801. The van der Waals surface area contributed by atoms with Crippen LogP contribution in [0.4, 0.5) is 5.69 Å². The molecule has 0 bridgehead atoms. The maximum absolute atomic E-state index is 5.35. The van der Waals surface area contributed by atoms with Gasteiger partial charge in [0, 0.05) is 42.5 Å². The summed E-state index contributed by atoms with van der Waals surface area (Å²) in [6.07, 6.45) is 4.49. The Balaban J connectivity index is 1.79. The van der Waals surface area contributed by atoms with Crippen LogP contribution in [0.15, 0.2) is 54.9 Å². The van der Waals surface area contributed by atoms with Crippen LogP contribution in [0, 0.1) is 0 Å². The minimum atomic E-state index is 0.801. The Kier molecular flexibility index (Phi) is 3.96. The largest absolute Gasteiger partial charge is 0.497 e. The first-order valence-electron chi connectivity index (χ1n) is 6.93. The third-order valence-electron chi connectivity index (χ3n) is 3.34. The summed E-state index contributed by atoms with van der Waals surface area (Å²) >= 11 is 0. The molecule has 0 amide bonds. The summed E-state index contributed by atoms with van der Waals surface area (Å²) in [6.45, 7) is 0.801.